The van der Waals surface area contributed by atoms with Crippen molar-refractivity contribution in [3.63, 3.8) is 0 Å². The third kappa shape index (κ3) is 5.02. The van der Waals surface area contributed by atoms with Crippen LogP contribution in [0.3, 0.4) is 0 Å². The van der Waals surface area contributed by atoms with E-state index in [1.165, 1.54) is 0 Å². The first kappa shape index (κ1) is 20.8. The number of amides is 2. The van der Waals surface area contributed by atoms with E-state index in [1.807, 2.05) is 0 Å². The number of hydrogen-bond donors (Lipinski definition) is 0. The zero-order valence-corrected chi connectivity index (χ0v) is 17.3. The fourth-order valence-electron chi connectivity index (χ4n) is 3.70. The van der Waals surface area contributed by atoms with Gasteiger partial charge in [-0.3, -0.25) is 19.4 Å². The number of rotatable bonds is 5. The van der Waals surface area contributed by atoms with E-state index < -0.39 is 0 Å². The molecule has 0 N–H and O–H groups in total. The smallest absolute Gasteiger partial charge is 0.254 e. The maximum Gasteiger partial charge on any atom is 0.254 e. The zero-order chi connectivity index (χ0) is 21.6. The summed E-state index contributed by atoms with van der Waals surface area (Å²) in [6.07, 6.45) is 4.26. The number of ether oxygens (including phenoxy) is 2. The Bertz CT molecular complexity index is 955. The Balaban J connectivity index is 1.26. The van der Waals surface area contributed by atoms with E-state index in [-0.39, 0.29) is 30.4 Å². The van der Waals surface area contributed by atoms with Crippen LogP contribution < -0.4 is 9.47 Å². The molecular formula is C23H25N3O5. The van der Waals surface area contributed by atoms with E-state index >= 15 is 0 Å². The summed E-state index contributed by atoms with van der Waals surface area (Å²) in [6, 6.07) is 8.52. The molecule has 0 unspecified atom stereocenters. The van der Waals surface area contributed by atoms with Crippen LogP contribution in [0, 0.1) is 0 Å². The zero-order valence-electron chi connectivity index (χ0n) is 17.3. The van der Waals surface area contributed by atoms with E-state index in [1.54, 1.807) is 52.5 Å². The van der Waals surface area contributed by atoms with Crippen LogP contribution in [-0.4, -0.2) is 71.8 Å². The number of piperazine rings is 1. The molecule has 0 atom stereocenters. The number of fused-ring (bicyclic) bond motifs is 1. The summed E-state index contributed by atoms with van der Waals surface area (Å²) in [4.78, 5) is 45.0. The second-order valence-electron chi connectivity index (χ2n) is 7.54. The molecule has 0 saturated carbocycles. The van der Waals surface area contributed by atoms with Crippen LogP contribution in [-0.2, 0) is 4.79 Å². The second-order valence-corrected chi connectivity index (χ2v) is 7.54. The van der Waals surface area contributed by atoms with Gasteiger partial charge in [0, 0.05) is 69.0 Å². The van der Waals surface area contributed by atoms with Crippen molar-refractivity contribution >= 4 is 17.6 Å². The Morgan fingerprint density at radius 2 is 1.48 bits per heavy atom. The fourth-order valence-corrected chi connectivity index (χ4v) is 3.70. The standard InChI is InChI=1S/C23H25N3O5/c27-19(18-2-4-20-21(16-18)31-15-1-14-30-20)3-5-22(28)25-10-12-26(13-11-25)23(29)17-6-8-24-9-7-17/h2,4,6-9,16H,1,3,5,10-15H2. The molecule has 1 fully saturated rings. The van der Waals surface area contributed by atoms with Gasteiger partial charge >= 0.3 is 0 Å². The van der Waals surface area contributed by atoms with Crippen molar-refractivity contribution in [3.8, 4) is 11.5 Å². The van der Waals surface area contributed by atoms with Crippen molar-refractivity contribution in [2.45, 2.75) is 19.3 Å². The van der Waals surface area contributed by atoms with Crippen LogP contribution in [0.1, 0.15) is 40.0 Å². The van der Waals surface area contributed by atoms with Gasteiger partial charge in [0.25, 0.3) is 5.91 Å². The minimum absolute atomic E-state index is 0.0564. The molecule has 1 saturated heterocycles. The van der Waals surface area contributed by atoms with E-state index in [9.17, 15) is 14.4 Å². The minimum Gasteiger partial charge on any atom is -0.490 e. The summed E-state index contributed by atoms with van der Waals surface area (Å²) in [5, 5.41) is 0. The fraction of sp³-hybridized carbons (Fsp3) is 0.391. The number of pyridine rings is 1. The van der Waals surface area contributed by atoms with Crippen molar-refractivity contribution in [1.29, 1.82) is 0 Å². The van der Waals surface area contributed by atoms with Gasteiger partial charge in [0.15, 0.2) is 17.3 Å². The molecule has 4 rings (SSSR count). The molecule has 162 valence electrons. The number of Topliss-reactive ketones (excluding diaryl/α,β-unsaturated/α-hetero) is 1. The van der Waals surface area contributed by atoms with E-state index in [0.717, 1.165) is 6.42 Å². The van der Waals surface area contributed by atoms with Gasteiger partial charge in [0.1, 0.15) is 0 Å². The first-order valence-corrected chi connectivity index (χ1v) is 10.5. The van der Waals surface area contributed by atoms with Gasteiger partial charge in [-0.05, 0) is 30.3 Å². The monoisotopic (exact) mass is 423 g/mol. The lowest BCUT2D eigenvalue weighted by atomic mass is 10.1. The lowest BCUT2D eigenvalue weighted by Crippen LogP contribution is -2.50. The number of hydrogen-bond acceptors (Lipinski definition) is 6. The van der Waals surface area contributed by atoms with Gasteiger partial charge in [-0.2, -0.15) is 0 Å². The van der Waals surface area contributed by atoms with Crippen LogP contribution in [0.15, 0.2) is 42.7 Å². The molecule has 1 aromatic heterocycles. The minimum atomic E-state index is -0.101. The number of aromatic nitrogens is 1. The van der Waals surface area contributed by atoms with Crippen molar-refractivity contribution in [1.82, 2.24) is 14.8 Å². The van der Waals surface area contributed by atoms with Crippen LogP contribution >= 0.6 is 0 Å². The maximum atomic E-state index is 12.6. The highest BCUT2D eigenvalue weighted by Gasteiger charge is 2.25. The van der Waals surface area contributed by atoms with Gasteiger partial charge < -0.3 is 19.3 Å². The predicted molar refractivity (Wildman–Crippen MR) is 112 cm³/mol. The molecule has 0 spiro atoms. The van der Waals surface area contributed by atoms with Gasteiger partial charge in [-0.1, -0.05) is 0 Å². The molecule has 2 aromatic rings. The van der Waals surface area contributed by atoms with Crippen molar-refractivity contribution in [3.05, 3.63) is 53.9 Å². The van der Waals surface area contributed by atoms with Crippen molar-refractivity contribution in [2.24, 2.45) is 0 Å². The molecular weight excluding hydrogens is 398 g/mol. The van der Waals surface area contributed by atoms with Crippen LogP contribution in [0.2, 0.25) is 0 Å². The normalized spacial score (nSPS) is 15.9. The number of ketones is 1. The highest BCUT2D eigenvalue weighted by atomic mass is 16.5. The first-order chi connectivity index (χ1) is 15.1. The van der Waals surface area contributed by atoms with E-state index in [2.05, 4.69) is 4.98 Å². The van der Waals surface area contributed by atoms with E-state index in [0.29, 0.717) is 62.0 Å². The molecule has 31 heavy (non-hydrogen) atoms. The Labute approximate surface area is 180 Å². The molecule has 2 aliphatic heterocycles. The topological polar surface area (TPSA) is 89.0 Å². The Hall–Kier alpha value is -3.42. The third-order valence-electron chi connectivity index (χ3n) is 5.48. The largest absolute Gasteiger partial charge is 0.490 e. The first-order valence-electron chi connectivity index (χ1n) is 10.5. The predicted octanol–water partition coefficient (Wildman–Crippen LogP) is 2.19. The summed E-state index contributed by atoms with van der Waals surface area (Å²) in [5.41, 5.74) is 1.11. The molecule has 2 amide bonds. The molecule has 0 aliphatic carbocycles. The second kappa shape index (κ2) is 9.59. The highest BCUT2D eigenvalue weighted by Crippen LogP contribution is 2.30. The summed E-state index contributed by atoms with van der Waals surface area (Å²) in [5.74, 6) is 0.988. The quantitative estimate of drug-likeness (QED) is 0.685. The number of carbonyl (C=O) groups is 3. The summed E-state index contributed by atoms with van der Waals surface area (Å²) >= 11 is 0. The van der Waals surface area contributed by atoms with Crippen molar-refractivity contribution in [2.75, 3.05) is 39.4 Å². The van der Waals surface area contributed by atoms with Gasteiger partial charge in [0.2, 0.25) is 5.91 Å². The van der Waals surface area contributed by atoms with Gasteiger partial charge in [-0.15, -0.1) is 0 Å². The van der Waals surface area contributed by atoms with Crippen molar-refractivity contribution < 1.29 is 23.9 Å². The number of nitrogens with zero attached hydrogens (tertiary/aromatic N) is 3. The van der Waals surface area contributed by atoms with Crippen LogP contribution in [0.25, 0.3) is 0 Å². The van der Waals surface area contributed by atoms with Gasteiger partial charge in [-0.25, -0.2) is 0 Å². The average Bonchev–Trinajstić information content (AvgIpc) is 3.07. The van der Waals surface area contributed by atoms with Gasteiger partial charge in [0.05, 0.1) is 13.2 Å². The maximum absolute atomic E-state index is 12.6. The lowest BCUT2D eigenvalue weighted by molar-refractivity contribution is -0.132. The summed E-state index contributed by atoms with van der Waals surface area (Å²) in [7, 11) is 0. The SMILES string of the molecule is O=C(CCC(=O)N1CCN(C(=O)c2ccncc2)CC1)c1ccc2c(c1)OCCCO2. The molecule has 2 aliphatic rings. The Kier molecular flexibility index (Phi) is 6.45. The molecule has 1 aromatic carbocycles. The summed E-state index contributed by atoms with van der Waals surface area (Å²) < 4.78 is 11.2. The molecule has 0 radical (unpaired) electrons. The molecule has 8 nitrogen and oxygen atoms in total. The summed E-state index contributed by atoms with van der Waals surface area (Å²) in [6.45, 7) is 3.03. The molecule has 0 bridgehead atoms. The lowest BCUT2D eigenvalue weighted by Gasteiger charge is -2.34. The Morgan fingerprint density at radius 1 is 0.806 bits per heavy atom. The number of carbonyl (C=O) groups excluding carboxylic acids is 3. The van der Waals surface area contributed by atoms with Crippen LogP contribution in [0.4, 0.5) is 0 Å². The third-order valence-corrected chi connectivity index (χ3v) is 5.48. The van der Waals surface area contributed by atoms with E-state index in [4.69, 9.17) is 9.47 Å². The number of benzene rings is 1. The molecule has 3 heterocycles. The highest BCUT2D eigenvalue weighted by molar-refractivity contribution is 5.98. The van der Waals surface area contributed by atoms with Crippen LogP contribution in [0.5, 0.6) is 11.5 Å². The molecule has 8 heteroatoms. The average molecular weight is 423 g/mol. The Morgan fingerprint density at radius 3 is 2.23 bits per heavy atom.